The monoisotopic (exact) mass is 407 g/mol. The number of carbonyl (C=O) groups excluding carboxylic acids is 1. The average Bonchev–Trinajstić information content (AvgIpc) is 3.43. The highest BCUT2D eigenvalue weighted by atomic mass is 16.4. The molecule has 2 aliphatic rings. The van der Waals surface area contributed by atoms with Crippen molar-refractivity contribution in [3.8, 4) is 5.75 Å². The van der Waals surface area contributed by atoms with Gasteiger partial charge in [0, 0.05) is 12.1 Å². The van der Waals surface area contributed by atoms with Gasteiger partial charge in [0.2, 0.25) is 5.91 Å². The topological polar surface area (TPSA) is 85.2 Å². The average molecular weight is 408 g/mol. The third kappa shape index (κ3) is 4.05. The molecule has 1 aliphatic carbocycles. The standard InChI is InChI=1S/C24H29N3O3/c1-17(26-30)20-15-19(9-10-22(20)28)24(11-12-24)23(29)25-21(16-27-13-5-6-14-27)18-7-3-2-4-8-18/h2-4,7-10,15,21,28,30H,5-6,11-14,16H2,1H3,(H,25,29). The highest BCUT2D eigenvalue weighted by Crippen LogP contribution is 2.49. The second-order valence-corrected chi connectivity index (χ2v) is 8.44. The number of phenolic OH excluding ortho intramolecular Hbond substituents is 1. The molecule has 1 atom stereocenters. The Balaban J connectivity index is 1.58. The molecule has 0 bridgehead atoms. The van der Waals surface area contributed by atoms with Crippen LogP contribution in [-0.2, 0) is 10.2 Å². The van der Waals surface area contributed by atoms with Gasteiger partial charge in [0.05, 0.1) is 17.2 Å². The Morgan fingerprint density at radius 1 is 1.17 bits per heavy atom. The first-order valence-electron chi connectivity index (χ1n) is 10.6. The van der Waals surface area contributed by atoms with Crippen LogP contribution in [0.5, 0.6) is 5.75 Å². The minimum atomic E-state index is -0.587. The summed E-state index contributed by atoms with van der Waals surface area (Å²) in [4.78, 5) is 15.9. The summed E-state index contributed by atoms with van der Waals surface area (Å²) in [6, 6.07) is 15.2. The summed E-state index contributed by atoms with van der Waals surface area (Å²) in [6.45, 7) is 4.58. The second kappa shape index (κ2) is 8.48. The summed E-state index contributed by atoms with van der Waals surface area (Å²) < 4.78 is 0. The Labute approximate surface area is 177 Å². The van der Waals surface area contributed by atoms with E-state index < -0.39 is 5.41 Å². The van der Waals surface area contributed by atoms with Crippen LogP contribution in [0.2, 0.25) is 0 Å². The Kier molecular flexibility index (Phi) is 5.77. The van der Waals surface area contributed by atoms with Gasteiger partial charge < -0.3 is 20.5 Å². The van der Waals surface area contributed by atoms with Gasteiger partial charge in [-0.1, -0.05) is 41.6 Å². The van der Waals surface area contributed by atoms with Crippen LogP contribution in [0.25, 0.3) is 0 Å². The van der Waals surface area contributed by atoms with Gasteiger partial charge in [-0.3, -0.25) is 4.79 Å². The first-order chi connectivity index (χ1) is 14.5. The van der Waals surface area contributed by atoms with Crippen LogP contribution >= 0.6 is 0 Å². The molecule has 30 heavy (non-hydrogen) atoms. The SMILES string of the molecule is CC(=NO)c1cc(C2(C(=O)NC(CN3CCCC3)c3ccccc3)CC2)ccc1O. The molecule has 1 saturated carbocycles. The normalized spacial score (nSPS) is 19.4. The molecule has 2 aromatic carbocycles. The third-order valence-electron chi connectivity index (χ3n) is 6.42. The van der Waals surface area contributed by atoms with Gasteiger partial charge in [-0.25, -0.2) is 0 Å². The van der Waals surface area contributed by atoms with Crippen molar-refractivity contribution in [2.24, 2.45) is 5.16 Å². The highest BCUT2D eigenvalue weighted by molar-refractivity contribution is 6.01. The van der Waals surface area contributed by atoms with E-state index in [9.17, 15) is 9.90 Å². The van der Waals surface area contributed by atoms with Crippen LogP contribution in [0, 0.1) is 0 Å². The Morgan fingerprint density at radius 3 is 2.50 bits per heavy atom. The quantitative estimate of drug-likeness (QED) is 0.372. The predicted molar refractivity (Wildman–Crippen MR) is 116 cm³/mol. The summed E-state index contributed by atoms with van der Waals surface area (Å²) in [5.41, 5.74) is 2.15. The minimum absolute atomic E-state index is 0.0192. The molecule has 1 amide bonds. The number of phenols is 1. The lowest BCUT2D eigenvalue weighted by Crippen LogP contribution is -2.42. The molecule has 0 aromatic heterocycles. The van der Waals surface area contributed by atoms with Crippen molar-refractivity contribution in [3.63, 3.8) is 0 Å². The first-order valence-corrected chi connectivity index (χ1v) is 10.6. The van der Waals surface area contributed by atoms with Crippen LogP contribution in [0.15, 0.2) is 53.7 Å². The predicted octanol–water partition coefficient (Wildman–Crippen LogP) is 3.58. The Bertz CT molecular complexity index is 932. The van der Waals surface area contributed by atoms with Crippen molar-refractivity contribution in [1.29, 1.82) is 0 Å². The zero-order valence-electron chi connectivity index (χ0n) is 17.3. The molecular formula is C24H29N3O3. The van der Waals surface area contributed by atoms with E-state index >= 15 is 0 Å². The van der Waals surface area contributed by atoms with Gasteiger partial charge in [-0.15, -0.1) is 0 Å². The number of nitrogens with zero attached hydrogens (tertiary/aromatic N) is 2. The molecule has 4 rings (SSSR count). The number of hydrogen-bond acceptors (Lipinski definition) is 5. The largest absolute Gasteiger partial charge is 0.507 e. The van der Waals surface area contributed by atoms with E-state index in [1.54, 1.807) is 25.1 Å². The van der Waals surface area contributed by atoms with Gasteiger partial charge >= 0.3 is 0 Å². The fourth-order valence-electron chi connectivity index (χ4n) is 4.39. The lowest BCUT2D eigenvalue weighted by molar-refractivity contribution is -0.124. The smallest absolute Gasteiger partial charge is 0.231 e. The molecule has 0 spiro atoms. The summed E-state index contributed by atoms with van der Waals surface area (Å²) in [6.07, 6.45) is 3.95. The summed E-state index contributed by atoms with van der Waals surface area (Å²) in [5.74, 6) is 0.0623. The molecule has 3 N–H and O–H groups in total. The molecule has 158 valence electrons. The van der Waals surface area contributed by atoms with E-state index in [1.165, 1.54) is 12.8 Å². The van der Waals surface area contributed by atoms with Crippen LogP contribution in [0.3, 0.4) is 0 Å². The van der Waals surface area contributed by atoms with Gasteiger partial charge in [-0.05, 0) is 69.0 Å². The maximum atomic E-state index is 13.4. The summed E-state index contributed by atoms with van der Waals surface area (Å²) in [5, 5.41) is 25.7. The molecule has 1 unspecified atom stereocenters. The van der Waals surface area contributed by atoms with Crippen molar-refractivity contribution < 1.29 is 15.1 Å². The fourth-order valence-corrected chi connectivity index (χ4v) is 4.39. The van der Waals surface area contributed by atoms with E-state index in [-0.39, 0.29) is 17.7 Å². The van der Waals surface area contributed by atoms with Crippen LogP contribution in [0.1, 0.15) is 55.3 Å². The summed E-state index contributed by atoms with van der Waals surface area (Å²) >= 11 is 0. The number of carbonyl (C=O) groups is 1. The zero-order valence-corrected chi connectivity index (χ0v) is 17.3. The molecule has 0 radical (unpaired) electrons. The van der Waals surface area contributed by atoms with E-state index in [1.807, 2.05) is 18.2 Å². The number of rotatable bonds is 7. The van der Waals surface area contributed by atoms with Gasteiger partial charge in [0.25, 0.3) is 0 Å². The van der Waals surface area contributed by atoms with Crippen molar-refractivity contribution in [1.82, 2.24) is 10.2 Å². The van der Waals surface area contributed by atoms with E-state index in [0.717, 1.165) is 43.6 Å². The highest BCUT2D eigenvalue weighted by Gasteiger charge is 2.52. The van der Waals surface area contributed by atoms with E-state index in [0.29, 0.717) is 11.3 Å². The zero-order chi connectivity index (χ0) is 21.1. The maximum Gasteiger partial charge on any atom is 0.231 e. The van der Waals surface area contributed by atoms with Crippen molar-refractivity contribution >= 4 is 11.6 Å². The van der Waals surface area contributed by atoms with Gasteiger partial charge in [-0.2, -0.15) is 0 Å². The molecule has 2 fully saturated rings. The minimum Gasteiger partial charge on any atom is -0.507 e. The molecule has 6 nitrogen and oxygen atoms in total. The lowest BCUT2D eigenvalue weighted by atomic mass is 9.91. The molecule has 6 heteroatoms. The summed E-state index contributed by atoms with van der Waals surface area (Å²) in [7, 11) is 0. The fraction of sp³-hybridized carbons (Fsp3) is 0.417. The third-order valence-corrected chi connectivity index (χ3v) is 6.42. The molecular weight excluding hydrogens is 378 g/mol. The van der Waals surface area contributed by atoms with E-state index in [4.69, 9.17) is 5.21 Å². The van der Waals surface area contributed by atoms with Crippen molar-refractivity contribution in [2.75, 3.05) is 19.6 Å². The molecule has 2 aromatic rings. The number of benzene rings is 2. The number of aromatic hydroxyl groups is 1. The second-order valence-electron chi connectivity index (χ2n) is 8.44. The van der Waals surface area contributed by atoms with Crippen LogP contribution in [-0.4, -0.2) is 46.5 Å². The van der Waals surface area contributed by atoms with E-state index in [2.05, 4.69) is 27.5 Å². The molecule has 1 saturated heterocycles. The first kappa shape index (κ1) is 20.4. The molecule has 1 heterocycles. The van der Waals surface area contributed by atoms with Crippen LogP contribution in [0.4, 0.5) is 0 Å². The number of likely N-dealkylation sites (tertiary alicyclic amines) is 1. The number of oxime groups is 1. The number of nitrogens with one attached hydrogen (secondary N) is 1. The van der Waals surface area contributed by atoms with Crippen molar-refractivity contribution in [3.05, 3.63) is 65.2 Å². The van der Waals surface area contributed by atoms with Gasteiger partial charge in [0.1, 0.15) is 5.75 Å². The molecule has 1 aliphatic heterocycles. The van der Waals surface area contributed by atoms with Crippen molar-refractivity contribution in [2.45, 2.75) is 44.1 Å². The van der Waals surface area contributed by atoms with Crippen LogP contribution < -0.4 is 5.32 Å². The maximum absolute atomic E-state index is 13.4. The number of amides is 1. The Morgan fingerprint density at radius 2 is 1.87 bits per heavy atom. The Hall–Kier alpha value is -2.86. The number of hydrogen-bond donors (Lipinski definition) is 3. The lowest BCUT2D eigenvalue weighted by Gasteiger charge is -2.27. The van der Waals surface area contributed by atoms with Gasteiger partial charge in [0.15, 0.2) is 0 Å².